The first kappa shape index (κ1) is 23.0. The van der Waals surface area contributed by atoms with Gasteiger partial charge in [-0.05, 0) is 25.2 Å². The second-order valence-electron chi connectivity index (χ2n) is 6.89. The average Bonchev–Trinajstić information content (AvgIpc) is 2.83. The van der Waals surface area contributed by atoms with Crippen LogP contribution in [0.25, 0.3) is 0 Å². The fourth-order valence-electron chi connectivity index (χ4n) is 2.80. The maximum absolute atomic E-state index is 12.0. The van der Waals surface area contributed by atoms with E-state index in [4.69, 9.17) is 4.74 Å². The number of carbonyl (C=O) groups is 1. The van der Waals surface area contributed by atoms with Crippen molar-refractivity contribution in [3.63, 3.8) is 0 Å². The second-order valence-corrected chi connectivity index (χ2v) is 6.89. The molecule has 26 heavy (non-hydrogen) atoms. The first-order valence-corrected chi connectivity index (χ1v) is 9.28. The van der Waals surface area contributed by atoms with E-state index in [9.17, 15) is 25.2 Å². The van der Waals surface area contributed by atoms with Gasteiger partial charge in [0.1, 0.15) is 30.6 Å². The Morgan fingerprint density at radius 1 is 1.23 bits per heavy atom. The monoisotopic (exact) mass is 374 g/mol. The van der Waals surface area contributed by atoms with E-state index in [1.54, 1.807) is 6.08 Å². The van der Waals surface area contributed by atoms with E-state index in [1.807, 2.05) is 13.8 Å². The Bertz CT molecular complexity index is 447. The molecule has 1 amide bonds. The molecule has 7 atom stereocenters. The number of aliphatic hydroxyl groups is 4. The molecule has 1 aliphatic heterocycles. The van der Waals surface area contributed by atoms with Gasteiger partial charge in [-0.25, -0.2) is 0 Å². The molecule has 1 rings (SSSR count). The number of hydrogen-bond acceptors (Lipinski definition) is 7. The summed E-state index contributed by atoms with van der Waals surface area (Å²) in [5.41, 5.74) is 0. The molecule has 8 heteroatoms. The van der Waals surface area contributed by atoms with Gasteiger partial charge in [0, 0.05) is 13.7 Å². The van der Waals surface area contributed by atoms with Crippen LogP contribution >= 0.6 is 0 Å². The van der Waals surface area contributed by atoms with Gasteiger partial charge in [0.15, 0.2) is 0 Å². The Hall–Kier alpha value is -1.03. The van der Waals surface area contributed by atoms with Crippen molar-refractivity contribution in [3.05, 3.63) is 12.2 Å². The molecule has 6 N–H and O–H groups in total. The molecule has 152 valence electrons. The summed E-state index contributed by atoms with van der Waals surface area (Å²) in [6.07, 6.45) is -0.684. The fraction of sp³-hybridized carbons (Fsp3) is 0.833. The quantitative estimate of drug-likeness (QED) is 0.219. The minimum atomic E-state index is -1.55. The SMILES string of the molecule is CCC(C)/C=C/[C@@H](O)[C@H](O)[C@@H](O)[C@@H](OC)C(O)N[C@H]1CCCCNC1=O. The number of ether oxygens (including phenoxy) is 1. The lowest BCUT2D eigenvalue weighted by atomic mass is 9.99. The minimum absolute atomic E-state index is 0.219. The van der Waals surface area contributed by atoms with Crippen LogP contribution in [0.4, 0.5) is 0 Å². The zero-order valence-electron chi connectivity index (χ0n) is 15.8. The zero-order valence-corrected chi connectivity index (χ0v) is 15.8. The maximum atomic E-state index is 12.0. The van der Waals surface area contributed by atoms with Crippen LogP contribution < -0.4 is 10.6 Å². The fourth-order valence-corrected chi connectivity index (χ4v) is 2.80. The lowest BCUT2D eigenvalue weighted by Crippen LogP contribution is -2.57. The molecule has 8 nitrogen and oxygen atoms in total. The molecule has 0 aromatic carbocycles. The molecule has 0 aromatic rings. The number of rotatable bonds is 10. The van der Waals surface area contributed by atoms with Crippen molar-refractivity contribution >= 4 is 5.91 Å². The zero-order chi connectivity index (χ0) is 19.7. The Labute approximate surface area is 155 Å². The lowest BCUT2D eigenvalue weighted by Gasteiger charge is -2.32. The normalized spacial score (nSPS) is 25.8. The number of carbonyl (C=O) groups excluding carboxylic acids is 1. The van der Waals surface area contributed by atoms with Crippen molar-refractivity contribution in [1.82, 2.24) is 10.6 Å². The van der Waals surface area contributed by atoms with Crippen molar-refractivity contribution in [2.75, 3.05) is 13.7 Å². The number of methoxy groups -OCH3 is 1. The third kappa shape index (κ3) is 6.94. The van der Waals surface area contributed by atoms with Crippen LogP contribution in [-0.4, -0.2) is 76.7 Å². The number of allylic oxidation sites excluding steroid dienone is 1. The first-order valence-electron chi connectivity index (χ1n) is 9.28. The molecule has 0 aromatic heterocycles. The summed E-state index contributed by atoms with van der Waals surface area (Å²) < 4.78 is 5.11. The number of aliphatic hydroxyl groups excluding tert-OH is 4. The molecule has 1 aliphatic rings. The van der Waals surface area contributed by atoms with Gasteiger partial charge in [0.25, 0.3) is 0 Å². The summed E-state index contributed by atoms with van der Waals surface area (Å²) in [4.78, 5) is 12.0. The summed E-state index contributed by atoms with van der Waals surface area (Å²) in [6.45, 7) is 4.56. The molecule has 1 heterocycles. The van der Waals surface area contributed by atoms with Crippen LogP contribution in [0.1, 0.15) is 39.5 Å². The molecular formula is C18H34N2O6. The topological polar surface area (TPSA) is 131 Å². The molecular weight excluding hydrogens is 340 g/mol. The third-order valence-corrected chi connectivity index (χ3v) is 4.81. The summed E-state index contributed by atoms with van der Waals surface area (Å²) in [5, 5.41) is 46.4. The summed E-state index contributed by atoms with van der Waals surface area (Å²) in [6, 6.07) is -0.607. The van der Waals surface area contributed by atoms with Gasteiger partial charge in [-0.2, -0.15) is 0 Å². The van der Waals surface area contributed by atoms with Crippen LogP contribution in [0.5, 0.6) is 0 Å². The van der Waals surface area contributed by atoms with E-state index in [0.29, 0.717) is 13.0 Å². The Morgan fingerprint density at radius 2 is 1.92 bits per heavy atom. The molecule has 1 saturated heterocycles. The van der Waals surface area contributed by atoms with Gasteiger partial charge in [-0.1, -0.05) is 32.4 Å². The van der Waals surface area contributed by atoms with Gasteiger partial charge >= 0.3 is 0 Å². The van der Waals surface area contributed by atoms with Gasteiger partial charge in [0.2, 0.25) is 5.91 Å². The standard InChI is InChI=1S/C18H34N2O6/c1-4-11(2)8-9-13(21)14(22)15(23)16(26-3)18(25)20-12-7-5-6-10-19-17(12)24/h8-9,11-16,18,20-23,25H,4-7,10H2,1-3H3,(H,19,24)/b9-8+/t11?,12-,13+,14-,15+,16+,18?/m0/s1. The van der Waals surface area contributed by atoms with Crippen LogP contribution in [0.3, 0.4) is 0 Å². The van der Waals surface area contributed by atoms with E-state index in [1.165, 1.54) is 13.2 Å². The summed E-state index contributed by atoms with van der Waals surface area (Å²) >= 11 is 0. The number of nitrogens with one attached hydrogen (secondary N) is 2. The number of amides is 1. The van der Waals surface area contributed by atoms with E-state index >= 15 is 0 Å². The highest BCUT2D eigenvalue weighted by Crippen LogP contribution is 2.14. The van der Waals surface area contributed by atoms with E-state index in [2.05, 4.69) is 10.6 Å². The lowest BCUT2D eigenvalue weighted by molar-refractivity contribution is -0.149. The van der Waals surface area contributed by atoms with Gasteiger partial charge in [-0.15, -0.1) is 0 Å². The summed E-state index contributed by atoms with van der Waals surface area (Å²) in [7, 11) is 1.28. The first-order chi connectivity index (χ1) is 12.3. The Morgan fingerprint density at radius 3 is 2.54 bits per heavy atom. The van der Waals surface area contributed by atoms with Crippen molar-refractivity contribution in [2.24, 2.45) is 5.92 Å². The average molecular weight is 374 g/mol. The van der Waals surface area contributed by atoms with Crippen molar-refractivity contribution in [3.8, 4) is 0 Å². The Balaban J connectivity index is 2.68. The second kappa shape index (κ2) is 11.6. The predicted molar refractivity (Wildman–Crippen MR) is 97.2 cm³/mol. The molecule has 0 spiro atoms. The molecule has 0 radical (unpaired) electrons. The van der Waals surface area contributed by atoms with Gasteiger partial charge in [-0.3, -0.25) is 10.1 Å². The predicted octanol–water partition coefficient (Wildman–Crippen LogP) is -0.737. The minimum Gasteiger partial charge on any atom is -0.387 e. The Kier molecular flexibility index (Phi) is 10.3. The molecule has 0 aliphatic carbocycles. The number of hydrogen-bond donors (Lipinski definition) is 6. The highest BCUT2D eigenvalue weighted by atomic mass is 16.5. The van der Waals surface area contributed by atoms with Crippen LogP contribution in [0, 0.1) is 5.92 Å². The van der Waals surface area contributed by atoms with E-state index in [-0.39, 0.29) is 11.8 Å². The van der Waals surface area contributed by atoms with Crippen molar-refractivity contribution < 1.29 is 30.0 Å². The van der Waals surface area contributed by atoms with Crippen molar-refractivity contribution in [1.29, 1.82) is 0 Å². The largest absolute Gasteiger partial charge is 0.387 e. The van der Waals surface area contributed by atoms with Crippen LogP contribution in [0.2, 0.25) is 0 Å². The molecule has 1 fully saturated rings. The van der Waals surface area contributed by atoms with E-state index < -0.39 is 36.7 Å². The van der Waals surface area contributed by atoms with E-state index in [0.717, 1.165) is 19.3 Å². The summed E-state index contributed by atoms with van der Waals surface area (Å²) in [5.74, 6) is 0.0104. The van der Waals surface area contributed by atoms with Gasteiger partial charge < -0.3 is 30.5 Å². The molecule has 0 bridgehead atoms. The highest BCUT2D eigenvalue weighted by molar-refractivity contribution is 5.81. The molecule has 0 saturated carbocycles. The van der Waals surface area contributed by atoms with Crippen molar-refractivity contribution in [2.45, 2.75) is 76.2 Å². The maximum Gasteiger partial charge on any atom is 0.237 e. The van der Waals surface area contributed by atoms with Gasteiger partial charge in [0.05, 0.1) is 6.04 Å². The highest BCUT2D eigenvalue weighted by Gasteiger charge is 2.36. The molecule has 2 unspecified atom stereocenters. The third-order valence-electron chi connectivity index (χ3n) is 4.81. The smallest absolute Gasteiger partial charge is 0.237 e. The van der Waals surface area contributed by atoms with Crippen LogP contribution in [-0.2, 0) is 9.53 Å². The van der Waals surface area contributed by atoms with Crippen LogP contribution in [0.15, 0.2) is 12.2 Å².